The monoisotopic (exact) mass is 345 g/mol. The van der Waals surface area contributed by atoms with E-state index < -0.39 is 0 Å². The molecule has 0 bridgehead atoms. The van der Waals surface area contributed by atoms with Crippen LogP contribution in [0.1, 0.15) is 44.1 Å². The van der Waals surface area contributed by atoms with Crippen LogP contribution in [0.15, 0.2) is 23.2 Å². The van der Waals surface area contributed by atoms with Crippen molar-refractivity contribution in [3.05, 3.63) is 33.9 Å². The molecule has 0 atom stereocenters. The summed E-state index contributed by atoms with van der Waals surface area (Å²) in [6.45, 7) is 3.04. The lowest BCUT2D eigenvalue weighted by atomic mass is 9.98. The summed E-state index contributed by atoms with van der Waals surface area (Å²) in [4.78, 5) is 18.1. The Morgan fingerprint density at radius 3 is 2.75 bits per heavy atom. The minimum Gasteiger partial charge on any atom is -0.344 e. The lowest BCUT2D eigenvalue weighted by Gasteiger charge is -2.36. The summed E-state index contributed by atoms with van der Waals surface area (Å²) in [5.41, 5.74) is 2.19. The largest absolute Gasteiger partial charge is 0.344 e. The number of rotatable bonds is 4. The molecule has 1 aromatic carbocycles. The van der Waals surface area contributed by atoms with Crippen molar-refractivity contribution in [3.8, 4) is 0 Å². The van der Waals surface area contributed by atoms with Gasteiger partial charge in [-0.15, -0.1) is 0 Å². The topological polar surface area (TPSA) is 58.7 Å². The normalized spacial score (nSPS) is 24.2. The van der Waals surface area contributed by atoms with Gasteiger partial charge >= 0.3 is 0 Å². The van der Waals surface area contributed by atoms with Gasteiger partial charge in [0.15, 0.2) is 5.17 Å². The Morgan fingerprint density at radius 1 is 1.38 bits per heavy atom. The number of nitro benzene ring substituents is 1. The van der Waals surface area contributed by atoms with E-state index in [4.69, 9.17) is 4.99 Å². The molecular formula is C18H23N3O2S. The highest BCUT2D eigenvalue weighted by Gasteiger charge is 2.47. The van der Waals surface area contributed by atoms with Gasteiger partial charge in [0.05, 0.1) is 16.1 Å². The van der Waals surface area contributed by atoms with Crippen molar-refractivity contribution in [1.29, 1.82) is 0 Å². The molecule has 1 saturated heterocycles. The Kier molecular flexibility index (Phi) is 4.03. The molecule has 128 valence electrons. The standard InChI is InChI=1S/C18H23N3O2S/c1-13-10-15(21(22)23)6-7-16(13)19-17-20(11-14-4-5-14)18(12-24-17)8-2-3-9-18/h6-7,10,14H,2-5,8-9,11-12H2,1H3. The molecule has 3 aliphatic rings. The Balaban J connectivity index is 1.64. The Labute approximate surface area is 146 Å². The van der Waals surface area contributed by atoms with E-state index in [1.807, 2.05) is 18.7 Å². The minimum atomic E-state index is -0.346. The van der Waals surface area contributed by atoms with Crippen LogP contribution in [0.5, 0.6) is 0 Å². The van der Waals surface area contributed by atoms with E-state index in [1.54, 1.807) is 18.2 Å². The first-order chi connectivity index (χ1) is 11.6. The van der Waals surface area contributed by atoms with Gasteiger partial charge in [-0.25, -0.2) is 4.99 Å². The molecule has 24 heavy (non-hydrogen) atoms. The van der Waals surface area contributed by atoms with Crippen molar-refractivity contribution < 1.29 is 4.92 Å². The fourth-order valence-electron chi connectivity index (χ4n) is 3.91. The van der Waals surface area contributed by atoms with Gasteiger partial charge in [0.1, 0.15) is 0 Å². The Bertz CT molecular complexity index is 694. The molecule has 1 aliphatic heterocycles. The number of amidine groups is 1. The molecule has 3 fully saturated rings. The SMILES string of the molecule is Cc1cc([N+](=O)[O-])ccc1N=C1SCC2(CCCC2)N1CC1CC1. The zero-order chi connectivity index (χ0) is 16.7. The molecular weight excluding hydrogens is 322 g/mol. The molecule has 5 nitrogen and oxygen atoms in total. The number of non-ortho nitro benzene ring substituents is 1. The number of hydrogen-bond donors (Lipinski definition) is 0. The second kappa shape index (κ2) is 6.06. The molecule has 6 heteroatoms. The van der Waals surface area contributed by atoms with E-state index in [1.165, 1.54) is 38.5 Å². The third-order valence-electron chi connectivity index (χ3n) is 5.55. The van der Waals surface area contributed by atoms with Crippen LogP contribution in [0.3, 0.4) is 0 Å². The quantitative estimate of drug-likeness (QED) is 0.588. The average Bonchev–Trinajstić information content (AvgIpc) is 3.16. The molecule has 1 heterocycles. The third-order valence-corrected chi connectivity index (χ3v) is 6.80. The van der Waals surface area contributed by atoms with Crippen LogP contribution in [0.2, 0.25) is 0 Å². The summed E-state index contributed by atoms with van der Waals surface area (Å²) in [5.74, 6) is 1.98. The van der Waals surface area contributed by atoms with E-state index in [0.717, 1.165) is 34.6 Å². The highest BCUT2D eigenvalue weighted by molar-refractivity contribution is 8.14. The summed E-state index contributed by atoms with van der Waals surface area (Å²) in [6.07, 6.45) is 7.91. The van der Waals surface area contributed by atoms with Gasteiger partial charge in [-0.3, -0.25) is 10.1 Å². The van der Waals surface area contributed by atoms with E-state index in [9.17, 15) is 10.1 Å². The number of nitrogens with zero attached hydrogens (tertiary/aromatic N) is 3. The second-order valence-corrected chi connectivity index (χ2v) is 8.34. The van der Waals surface area contributed by atoms with Crippen LogP contribution >= 0.6 is 11.8 Å². The van der Waals surface area contributed by atoms with Crippen molar-refractivity contribution >= 4 is 28.3 Å². The Hall–Kier alpha value is -1.56. The number of benzene rings is 1. The molecule has 2 saturated carbocycles. The van der Waals surface area contributed by atoms with Crippen LogP contribution in [0.25, 0.3) is 0 Å². The molecule has 1 aromatic rings. The predicted molar refractivity (Wildman–Crippen MR) is 98.0 cm³/mol. The van der Waals surface area contributed by atoms with Crippen LogP contribution in [-0.4, -0.2) is 32.8 Å². The summed E-state index contributed by atoms with van der Waals surface area (Å²) in [7, 11) is 0. The number of aliphatic imine (C=N–C) groups is 1. The summed E-state index contributed by atoms with van der Waals surface area (Å²) in [5, 5.41) is 12.0. The van der Waals surface area contributed by atoms with Gasteiger partial charge in [0, 0.05) is 24.4 Å². The molecule has 1 spiro atoms. The van der Waals surface area contributed by atoms with E-state index in [0.29, 0.717) is 5.54 Å². The first-order valence-electron chi connectivity index (χ1n) is 8.82. The van der Waals surface area contributed by atoms with Gasteiger partial charge in [-0.2, -0.15) is 0 Å². The highest BCUT2D eigenvalue weighted by Crippen LogP contribution is 2.47. The molecule has 0 amide bonds. The fourth-order valence-corrected chi connectivity index (χ4v) is 5.34. The lowest BCUT2D eigenvalue weighted by Crippen LogP contribution is -2.46. The summed E-state index contributed by atoms with van der Waals surface area (Å²) in [6, 6.07) is 4.97. The number of thioether (sulfide) groups is 1. The molecule has 0 radical (unpaired) electrons. The maximum Gasteiger partial charge on any atom is 0.269 e. The van der Waals surface area contributed by atoms with Crippen molar-refractivity contribution in [2.24, 2.45) is 10.9 Å². The Morgan fingerprint density at radius 2 is 2.12 bits per heavy atom. The van der Waals surface area contributed by atoms with Crippen molar-refractivity contribution in [2.45, 2.75) is 51.0 Å². The lowest BCUT2D eigenvalue weighted by molar-refractivity contribution is -0.384. The van der Waals surface area contributed by atoms with Crippen molar-refractivity contribution in [1.82, 2.24) is 4.90 Å². The average molecular weight is 345 g/mol. The number of nitro groups is 1. The van der Waals surface area contributed by atoms with Crippen molar-refractivity contribution in [3.63, 3.8) is 0 Å². The molecule has 2 aliphatic carbocycles. The third kappa shape index (κ3) is 2.92. The predicted octanol–water partition coefficient (Wildman–Crippen LogP) is 4.66. The molecule has 4 rings (SSSR count). The van der Waals surface area contributed by atoms with Crippen molar-refractivity contribution in [2.75, 3.05) is 12.3 Å². The number of hydrogen-bond acceptors (Lipinski definition) is 4. The first-order valence-corrected chi connectivity index (χ1v) is 9.80. The van der Waals surface area contributed by atoms with Gasteiger partial charge in [0.2, 0.25) is 0 Å². The highest BCUT2D eigenvalue weighted by atomic mass is 32.2. The molecule has 0 aromatic heterocycles. The van der Waals surface area contributed by atoms with Gasteiger partial charge < -0.3 is 4.90 Å². The zero-order valence-corrected chi connectivity index (χ0v) is 14.8. The number of aryl methyl sites for hydroxylation is 1. The van der Waals surface area contributed by atoms with Gasteiger partial charge in [-0.05, 0) is 50.2 Å². The maximum atomic E-state index is 10.9. The first kappa shape index (κ1) is 15.9. The van der Waals surface area contributed by atoms with Gasteiger partial charge in [0.25, 0.3) is 5.69 Å². The van der Waals surface area contributed by atoms with Crippen LogP contribution in [0.4, 0.5) is 11.4 Å². The van der Waals surface area contributed by atoms with Crippen LogP contribution in [0, 0.1) is 23.0 Å². The maximum absolute atomic E-state index is 10.9. The molecule has 0 unspecified atom stereocenters. The van der Waals surface area contributed by atoms with Crippen LogP contribution < -0.4 is 0 Å². The second-order valence-electron chi connectivity index (χ2n) is 7.40. The summed E-state index contributed by atoms with van der Waals surface area (Å²) < 4.78 is 0. The van der Waals surface area contributed by atoms with E-state index >= 15 is 0 Å². The zero-order valence-electron chi connectivity index (χ0n) is 14.0. The fraction of sp³-hybridized carbons (Fsp3) is 0.611. The van der Waals surface area contributed by atoms with Crippen LogP contribution in [-0.2, 0) is 0 Å². The minimum absolute atomic E-state index is 0.137. The summed E-state index contributed by atoms with van der Waals surface area (Å²) >= 11 is 1.87. The van der Waals surface area contributed by atoms with Gasteiger partial charge in [-0.1, -0.05) is 24.6 Å². The smallest absolute Gasteiger partial charge is 0.269 e. The molecule has 0 N–H and O–H groups in total. The van der Waals surface area contributed by atoms with E-state index in [2.05, 4.69) is 4.90 Å². The van der Waals surface area contributed by atoms with E-state index in [-0.39, 0.29) is 10.6 Å².